The second kappa shape index (κ2) is 11.3. The van der Waals surface area contributed by atoms with Crippen molar-refractivity contribution >= 4 is 29.3 Å². The van der Waals surface area contributed by atoms with E-state index in [1.807, 2.05) is 55.6 Å². The van der Waals surface area contributed by atoms with Gasteiger partial charge in [-0.1, -0.05) is 72.4 Å². The molecule has 0 saturated carbocycles. The zero-order valence-corrected chi connectivity index (χ0v) is 19.5. The van der Waals surface area contributed by atoms with E-state index >= 15 is 0 Å². The van der Waals surface area contributed by atoms with Crippen LogP contribution in [0, 0.1) is 0 Å². The topological polar surface area (TPSA) is 88.9 Å². The molecule has 0 fully saturated rings. The number of thioether (sulfide) groups is 1. The summed E-state index contributed by atoms with van der Waals surface area (Å²) < 4.78 is 1.76. The van der Waals surface area contributed by atoms with Crippen LogP contribution in [-0.2, 0) is 18.3 Å². The van der Waals surface area contributed by atoms with Crippen molar-refractivity contribution in [1.82, 2.24) is 20.1 Å². The summed E-state index contributed by atoms with van der Waals surface area (Å²) in [5.74, 6) is -0.106. The van der Waals surface area contributed by atoms with E-state index in [1.165, 1.54) is 11.8 Å². The molecule has 7 nitrogen and oxygen atoms in total. The molecule has 172 valence electrons. The molecule has 0 bridgehead atoms. The van der Waals surface area contributed by atoms with Crippen LogP contribution in [0.25, 0.3) is 0 Å². The van der Waals surface area contributed by atoms with Gasteiger partial charge in [-0.25, -0.2) is 0 Å². The zero-order valence-electron chi connectivity index (χ0n) is 18.7. The van der Waals surface area contributed by atoms with Crippen molar-refractivity contribution in [2.75, 3.05) is 11.1 Å². The fourth-order valence-electron chi connectivity index (χ4n) is 3.46. The molecule has 2 amide bonds. The maximum atomic E-state index is 13.0. The highest BCUT2D eigenvalue weighted by Crippen LogP contribution is 2.20. The Balaban J connectivity index is 1.37. The fraction of sp³-hybridized carbons (Fsp3) is 0.154. The molecule has 0 unspecified atom stereocenters. The number of carbonyl (C=O) groups excluding carboxylic acids is 2. The smallest absolute Gasteiger partial charge is 0.251 e. The van der Waals surface area contributed by atoms with Crippen LogP contribution in [0.2, 0.25) is 0 Å². The average Bonchev–Trinajstić information content (AvgIpc) is 3.28. The lowest BCUT2D eigenvalue weighted by Gasteiger charge is -2.20. The second-order valence-corrected chi connectivity index (χ2v) is 8.71. The molecule has 1 atom stereocenters. The molecule has 1 heterocycles. The number of aryl methyl sites for hydroxylation is 1. The van der Waals surface area contributed by atoms with Crippen molar-refractivity contribution < 1.29 is 9.59 Å². The maximum absolute atomic E-state index is 13.0. The van der Waals surface area contributed by atoms with Crippen molar-refractivity contribution in [2.45, 2.75) is 17.6 Å². The van der Waals surface area contributed by atoms with E-state index in [0.717, 1.165) is 11.1 Å². The Kier molecular flexibility index (Phi) is 7.72. The highest BCUT2D eigenvalue weighted by Gasteiger charge is 2.17. The van der Waals surface area contributed by atoms with Crippen molar-refractivity contribution in [1.29, 1.82) is 0 Å². The molecular weight excluding hydrogens is 446 g/mol. The summed E-state index contributed by atoms with van der Waals surface area (Å²) in [5, 5.41) is 14.4. The zero-order chi connectivity index (χ0) is 23.8. The minimum atomic E-state index is -0.166. The lowest BCUT2D eigenvalue weighted by atomic mass is 9.98. The number of carbonyl (C=O) groups is 2. The number of aromatic nitrogens is 3. The number of amides is 2. The molecule has 0 saturated heterocycles. The van der Waals surface area contributed by atoms with Crippen molar-refractivity contribution in [2.24, 2.45) is 7.05 Å². The molecule has 0 aliphatic rings. The fourth-order valence-corrected chi connectivity index (χ4v) is 4.15. The van der Waals surface area contributed by atoms with Crippen LogP contribution >= 0.6 is 11.8 Å². The summed E-state index contributed by atoms with van der Waals surface area (Å²) in [6.45, 7) is 0. The lowest BCUT2D eigenvalue weighted by molar-refractivity contribution is -0.113. The van der Waals surface area contributed by atoms with Gasteiger partial charge in [0.25, 0.3) is 5.91 Å². The van der Waals surface area contributed by atoms with Crippen LogP contribution in [0.1, 0.15) is 27.5 Å². The predicted molar refractivity (Wildman–Crippen MR) is 134 cm³/mol. The second-order valence-electron chi connectivity index (χ2n) is 7.77. The van der Waals surface area contributed by atoms with E-state index in [4.69, 9.17) is 0 Å². The third-order valence-electron chi connectivity index (χ3n) is 5.22. The SMILES string of the molecule is Cn1cnnc1SCC(=O)Nc1ccc(C(=O)N[C@@H](Cc2ccccc2)c2ccccc2)cc1. The Morgan fingerprint density at radius 1 is 0.941 bits per heavy atom. The molecule has 4 rings (SSSR count). The van der Waals surface area contributed by atoms with E-state index in [9.17, 15) is 9.59 Å². The molecule has 0 aliphatic carbocycles. The summed E-state index contributed by atoms with van der Waals surface area (Å²) in [6.07, 6.45) is 2.28. The first kappa shape index (κ1) is 23.3. The van der Waals surface area contributed by atoms with E-state index in [2.05, 4.69) is 33.0 Å². The maximum Gasteiger partial charge on any atom is 0.251 e. The summed E-state index contributed by atoms with van der Waals surface area (Å²) in [6, 6.07) is 26.8. The van der Waals surface area contributed by atoms with Crippen molar-refractivity contribution in [3.05, 3.63) is 108 Å². The van der Waals surface area contributed by atoms with Crippen LogP contribution in [0.4, 0.5) is 5.69 Å². The van der Waals surface area contributed by atoms with E-state index in [1.54, 1.807) is 35.2 Å². The van der Waals surface area contributed by atoms with Gasteiger partial charge >= 0.3 is 0 Å². The highest BCUT2D eigenvalue weighted by atomic mass is 32.2. The number of benzene rings is 3. The summed E-state index contributed by atoms with van der Waals surface area (Å²) in [5.41, 5.74) is 3.35. The number of anilines is 1. The van der Waals surface area contributed by atoms with Crippen LogP contribution in [0.5, 0.6) is 0 Å². The monoisotopic (exact) mass is 471 g/mol. The summed E-state index contributed by atoms with van der Waals surface area (Å²) >= 11 is 1.31. The van der Waals surface area contributed by atoms with Crippen LogP contribution in [-0.4, -0.2) is 32.3 Å². The van der Waals surface area contributed by atoms with Gasteiger partial charge < -0.3 is 15.2 Å². The Hall–Kier alpha value is -3.91. The molecule has 2 N–H and O–H groups in total. The van der Waals surface area contributed by atoms with Crippen LogP contribution in [0.15, 0.2) is 96.4 Å². The predicted octanol–water partition coefficient (Wildman–Crippen LogP) is 4.26. The van der Waals surface area contributed by atoms with Crippen molar-refractivity contribution in [3.63, 3.8) is 0 Å². The number of hydrogen-bond acceptors (Lipinski definition) is 5. The van der Waals surface area contributed by atoms with Crippen LogP contribution < -0.4 is 10.6 Å². The van der Waals surface area contributed by atoms with Gasteiger partial charge in [-0.05, 0) is 41.8 Å². The minimum absolute atomic E-state index is 0.155. The number of nitrogens with one attached hydrogen (secondary N) is 2. The van der Waals surface area contributed by atoms with E-state index in [-0.39, 0.29) is 23.6 Å². The Morgan fingerprint density at radius 2 is 1.62 bits per heavy atom. The van der Waals surface area contributed by atoms with Crippen LogP contribution in [0.3, 0.4) is 0 Å². The summed E-state index contributed by atoms with van der Waals surface area (Å²) in [4.78, 5) is 25.2. The Bertz CT molecular complexity index is 1230. The molecule has 0 radical (unpaired) electrons. The van der Waals surface area contributed by atoms with Gasteiger partial charge in [-0.15, -0.1) is 10.2 Å². The molecule has 4 aromatic rings. The first-order valence-corrected chi connectivity index (χ1v) is 11.8. The quantitative estimate of drug-likeness (QED) is 0.356. The molecule has 0 aliphatic heterocycles. The van der Waals surface area contributed by atoms with E-state index in [0.29, 0.717) is 22.8 Å². The molecule has 1 aromatic heterocycles. The van der Waals surface area contributed by atoms with Crippen molar-refractivity contribution in [3.8, 4) is 0 Å². The average molecular weight is 472 g/mol. The van der Waals surface area contributed by atoms with Gasteiger partial charge in [0, 0.05) is 18.3 Å². The van der Waals surface area contributed by atoms with E-state index < -0.39 is 0 Å². The minimum Gasteiger partial charge on any atom is -0.345 e. The molecule has 0 spiro atoms. The van der Waals surface area contributed by atoms with Gasteiger partial charge in [-0.2, -0.15) is 0 Å². The van der Waals surface area contributed by atoms with Gasteiger partial charge in [0.1, 0.15) is 6.33 Å². The Morgan fingerprint density at radius 3 is 2.26 bits per heavy atom. The largest absolute Gasteiger partial charge is 0.345 e. The number of rotatable bonds is 9. The number of hydrogen-bond donors (Lipinski definition) is 2. The van der Waals surface area contributed by atoms with Gasteiger partial charge in [0.15, 0.2) is 5.16 Å². The first-order valence-electron chi connectivity index (χ1n) is 10.8. The van der Waals surface area contributed by atoms with Gasteiger partial charge in [0.05, 0.1) is 11.8 Å². The molecule has 3 aromatic carbocycles. The van der Waals surface area contributed by atoms with Gasteiger partial charge in [-0.3, -0.25) is 9.59 Å². The normalized spacial score (nSPS) is 11.6. The summed E-state index contributed by atoms with van der Waals surface area (Å²) in [7, 11) is 1.83. The standard InChI is InChI=1S/C26H25N5O2S/c1-31-18-27-30-26(31)34-17-24(32)28-22-14-12-21(13-15-22)25(33)29-23(20-10-6-3-7-11-20)16-19-8-4-2-5-9-19/h2-15,18,23H,16-17H2,1H3,(H,28,32)(H,29,33)/t23-/m0/s1. The molecule has 8 heteroatoms. The molecule has 34 heavy (non-hydrogen) atoms. The number of nitrogens with zero attached hydrogens (tertiary/aromatic N) is 3. The highest BCUT2D eigenvalue weighted by molar-refractivity contribution is 7.99. The van der Waals surface area contributed by atoms with Gasteiger partial charge in [0.2, 0.25) is 5.91 Å². The Labute approximate surface area is 202 Å². The third kappa shape index (κ3) is 6.32. The first-order chi connectivity index (χ1) is 16.6. The third-order valence-corrected chi connectivity index (χ3v) is 6.26. The molecular formula is C26H25N5O2S. The lowest BCUT2D eigenvalue weighted by Crippen LogP contribution is -2.30.